The summed E-state index contributed by atoms with van der Waals surface area (Å²) in [7, 11) is 0. The molecule has 2 aromatic heterocycles. The lowest BCUT2D eigenvalue weighted by molar-refractivity contribution is 0.669. The zero-order valence-electron chi connectivity index (χ0n) is 29.6. The van der Waals surface area contributed by atoms with E-state index >= 15 is 0 Å². The normalized spacial score (nSPS) is 11.6. The van der Waals surface area contributed by atoms with Gasteiger partial charge in [-0.05, 0) is 78.8 Å². The van der Waals surface area contributed by atoms with E-state index in [9.17, 15) is 0 Å². The fraction of sp³-hybridized carbons (Fsp3) is 0. The van der Waals surface area contributed by atoms with Gasteiger partial charge in [-0.1, -0.05) is 164 Å². The molecule has 0 bridgehead atoms. The van der Waals surface area contributed by atoms with Crippen LogP contribution in [0.15, 0.2) is 192 Å². The molecule has 0 saturated heterocycles. The van der Waals surface area contributed by atoms with Gasteiger partial charge in [-0.25, -0.2) is 15.0 Å². The van der Waals surface area contributed by atoms with Crippen LogP contribution < -0.4 is 0 Å². The largest absolute Gasteiger partial charge is 0.456 e. The van der Waals surface area contributed by atoms with Gasteiger partial charge in [0.05, 0.1) is 0 Å². The van der Waals surface area contributed by atoms with Gasteiger partial charge in [-0.3, -0.25) is 0 Å². The van der Waals surface area contributed by atoms with Crippen molar-refractivity contribution in [3.8, 4) is 56.4 Å². The van der Waals surface area contributed by atoms with E-state index in [2.05, 4.69) is 152 Å². The monoisotopic (exact) mass is 701 g/mol. The molecule has 0 spiro atoms. The minimum Gasteiger partial charge on any atom is -0.456 e. The molecular weight excluding hydrogens is 671 g/mol. The van der Waals surface area contributed by atoms with E-state index in [0.717, 1.165) is 60.5 Å². The first-order valence-corrected chi connectivity index (χ1v) is 18.5. The Morgan fingerprint density at radius 3 is 1.69 bits per heavy atom. The first-order chi connectivity index (χ1) is 27.2. The predicted octanol–water partition coefficient (Wildman–Crippen LogP) is 13.6. The lowest BCUT2D eigenvalue weighted by Gasteiger charge is -2.12. The van der Waals surface area contributed by atoms with Crippen molar-refractivity contribution in [3.05, 3.63) is 188 Å². The van der Waals surface area contributed by atoms with Crippen LogP contribution in [0.5, 0.6) is 0 Å². The van der Waals surface area contributed by atoms with Crippen LogP contribution in [0.1, 0.15) is 0 Å². The van der Waals surface area contributed by atoms with Crippen LogP contribution in [0.2, 0.25) is 0 Å². The lowest BCUT2D eigenvalue weighted by atomic mass is 9.94. The molecule has 0 amide bonds. The molecule has 0 unspecified atom stereocenters. The SMILES string of the molecule is c1ccc(-c2nc(-c3ccc4c(c3)oc3cccc(-c5ccc(-c6cccc7ccccc67)cc5)c34)nc(-c3cc4ccccc4c4ccccc34)n2)cc1. The molecule has 2 heterocycles. The van der Waals surface area contributed by atoms with Gasteiger partial charge >= 0.3 is 0 Å². The van der Waals surface area contributed by atoms with E-state index < -0.39 is 0 Å². The summed E-state index contributed by atoms with van der Waals surface area (Å²) < 4.78 is 6.58. The number of benzene rings is 9. The zero-order valence-corrected chi connectivity index (χ0v) is 29.6. The van der Waals surface area contributed by atoms with Gasteiger partial charge in [0.15, 0.2) is 17.5 Å². The summed E-state index contributed by atoms with van der Waals surface area (Å²) in [6.45, 7) is 0. The maximum absolute atomic E-state index is 6.58. The Kier molecular flexibility index (Phi) is 7.14. The summed E-state index contributed by atoms with van der Waals surface area (Å²) in [5.41, 5.74) is 9.07. The van der Waals surface area contributed by atoms with Crippen molar-refractivity contribution in [2.24, 2.45) is 0 Å². The Labute approximate surface area is 317 Å². The van der Waals surface area contributed by atoms with Crippen LogP contribution in [-0.4, -0.2) is 15.0 Å². The highest BCUT2D eigenvalue weighted by molar-refractivity contribution is 6.14. The van der Waals surface area contributed by atoms with E-state index in [0.29, 0.717) is 17.5 Å². The Morgan fingerprint density at radius 2 is 0.873 bits per heavy atom. The fourth-order valence-electron chi connectivity index (χ4n) is 8.09. The van der Waals surface area contributed by atoms with Crippen LogP contribution >= 0.6 is 0 Å². The average molecular weight is 702 g/mol. The summed E-state index contributed by atoms with van der Waals surface area (Å²) in [4.78, 5) is 15.3. The van der Waals surface area contributed by atoms with Crippen molar-refractivity contribution >= 4 is 54.3 Å². The number of nitrogens with zero attached hydrogens (tertiary/aromatic N) is 3. The molecule has 256 valence electrons. The number of furan rings is 1. The van der Waals surface area contributed by atoms with Crippen molar-refractivity contribution < 1.29 is 4.42 Å². The standard InChI is InChI=1S/C51H31N3O/c1-2-13-35(14-3-1)49-52-50(54-51(53-49)45-30-36-15-5-7-18-40(36)42-19-8-9-20-43(42)45)37-28-29-44-47(31-37)55-46-23-11-22-41(48(44)46)34-26-24-33(25-27-34)39-21-10-16-32-12-4-6-17-38(32)39/h1-31H. The van der Waals surface area contributed by atoms with Gasteiger partial charge in [0.1, 0.15) is 11.2 Å². The summed E-state index contributed by atoms with van der Waals surface area (Å²) in [5, 5.41) is 9.24. The molecule has 55 heavy (non-hydrogen) atoms. The molecule has 0 aliphatic rings. The lowest BCUT2D eigenvalue weighted by Crippen LogP contribution is -2.00. The Balaban J connectivity index is 1.04. The van der Waals surface area contributed by atoms with Gasteiger partial charge < -0.3 is 4.42 Å². The fourth-order valence-corrected chi connectivity index (χ4v) is 8.09. The first-order valence-electron chi connectivity index (χ1n) is 18.5. The van der Waals surface area contributed by atoms with E-state index in [4.69, 9.17) is 19.4 Å². The van der Waals surface area contributed by atoms with Crippen molar-refractivity contribution in [1.29, 1.82) is 0 Å². The van der Waals surface area contributed by atoms with Crippen molar-refractivity contribution in [2.45, 2.75) is 0 Å². The minimum absolute atomic E-state index is 0.590. The third kappa shape index (κ3) is 5.26. The van der Waals surface area contributed by atoms with Crippen LogP contribution in [0.25, 0.3) is 111 Å². The van der Waals surface area contributed by atoms with Crippen molar-refractivity contribution in [2.75, 3.05) is 0 Å². The van der Waals surface area contributed by atoms with Crippen LogP contribution in [0.4, 0.5) is 0 Å². The van der Waals surface area contributed by atoms with E-state index in [-0.39, 0.29) is 0 Å². The molecule has 9 aromatic carbocycles. The van der Waals surface area contributed by atoms with Gasteiger partial charge in [0, 0.05) is 27.5 Å². The molecule has 0 aliphatic heterocycles. The molecule has 4 nitrogen and oxygen atoms in total. The highest BCUT2D eigenvalue weighted by atomic mass is 16.3. The number of aromatic nitrogens is 3. The molecule has 0 N–H and O–H groups in total. The van der Waals surface area contributed by atoms with Crippen LogP contribution in [-0.2, 0) is 0 Å². The molecule has 0 fully saturated rings. The van der Waals surface area contributed by atoms with Crippen molar-refractivity contribution in [3.63, 3.8) is 0 Å². The topological polar surface area (TPSA) is 51.8 Å². The second kappa shape index (κ2) is 12.6. The Hall–Kier alpha value is -7.43. The smallest absolute Gasteiger partial charge is 0.164 e. The Bertz CT molecular complexity index is 3250. The maximum Gasteiger partial charge on any atom is 0.164 e. The molecule has 4 heteroatoms. The number of hydrogen-bond donors (Lipinski definition) is 0. The average Bonchev–Trinajstić information content (AvgIpc) is 3.64. The van der Waals surface area contributed by atoms with Crippen LogP contribution in [0.3, 0.4) is 0 Å². The summed E-state index contributed by atoms with van der Waals surface area (Å²) >= 11 is 0. The van der Waals surface area contributed by atoms with Gasteiger partial charge in [0.2, 0.25) is 0 Å². The molecule has 0 atom stereocenters. The second-order valence-corrected chi connectivity index (χ2v) is 14.0. The highest BCUT2D eigenvalue weighted by Crippen LogP contribution is 2.40. The third-order valence-corrected chi connectivity index (χ3v) is 10.7. The van der Waals surface area contributed by atoms with Crippen molar-refractivity contribution in [1.82, 2.24) is 15.0 Å². The molecule has 11 aromatic rings. The van der Waals surface area contributed by atoms with E-state index in [1.165, 1.54) is 32.7 Å². The summed E-state index contributed by atoms with van der Waals surface area (Å²) in [5.74, 6) is 1.84. The summed E-state index contributed by atoms with van der Waals surface area (Å²) in [6, 6.07) is 65.8. The first kappa shape index (κ1) is 31.1. The summed E-state index contributed by atoms with van der Waals surface area (Å²) in [6.07, 6.45) is 0. The minimum atomic E-state index is 0.590. The molecule has 0 aliphatic carbocycles. The third-order valence-electron chi connectivity index (χ3n) is 10.7. The second-order valence-electron chi connectivity index (χ2n) is 14.0. The zero-order chi connectivity index (χ0) is 36.3. The molecule has 11 rings (SSSR count). The van der Waals surface area contributed by atoms with Crippen LogP contribution in [0, 0.1) is 0 Å². The van der Waals surface area contributed by atoms with Gasteiger partial charge in [-0.15, -0.1) is 0 Å². The molecule has 0 radical (unpaired) electrons. The number of fused-ring (bicyclic) bond motifs is 7. The van der Waals surface area contributed by atoms with Gasteiger partial charge in [0.25, 0.3) is 0 Å². The molecule has 0 saturated carbocycles. The van der Waals surface area contributed by atoms with E-state index in [1.807, 2.05) is 36.4 Å². The Morgan fingerprint density at radius 1 is 0.291 bits per heavy atom. The quantitative estimate of drug-likeness (QED) is 0.168. The van der Waals surface area contributed by atoms with E-state index in [1.54, 1.807) is 0 Å². The predicted molar refractivity (Wildman–Crippen MR) is 227 cm³/mol. The highest BCUT2D eigenvalue weighted by Gasteiger charge is 2.18. The molecular formula is C51H31N3O. The number of rotatable bonds is 5. The maximum atomic E-state index is 6.58. The van der Waals surface area contributed by atoms with Gasteiger partial charge in [-0.2, -0.15) is 0 Å². The number of hydrogen-bond acceptors (Lipinski definition) is 4.